The molecule has 0 radical (unpaired) electrons. The van der Waals surface area contributed by atoms with Crippen molar-refractivity contribution in [3.8, 4) is 0 Å². The van der Waals surface area contributed by atoms with E-state index in [0.29, 0.717) is 32.7 Å². The average molecular weight is 416 g/mol. The Morgan fingerprint density at radius 1 is 1.29 bits per heavy atom. The zero-order valence-corrected chi connectivity index (χ0v) is 17.1. The highest BCUT2D eigenvalue weighted by Crippen LogP contribution is 2.39. The van der Waals surface area contributed by atoms with Gasteiger partial charge in [-0.15, -0.1) is 0 Å². The number of carbonyl (C=O) groups excluding carboxylic acids is 2. The average Bonchev–Trinajstić information content (AvgIpc) is 3.03. The van der Waals surface area contributed by atoms with Crippen LogP contribution in [0.25, 0.3) is 11.1 Å². The third kappa shape index (κ3) is 3.14. The van der Waals surface area contributed by atoms with Crippen LogP contribution in [-0.2, 0) is 9.59 Å². The summed E-state index contributed by atoms with van der Waals surface area (Å²) in [6, 6.07) is 12.5. The molecule has 1 aliphatic rings. The van der Waals surface area contributed by atoms with Gasteiger partial charge in [-0.3, -0.25) is 14.5 Å². The molecule has 144 valence electrons. The molecule has 0 fully saturated rings. The Labute approximate surface area is 171 Å². The quantitative estimate of drug-likeness (QED) is 0.626. The zero-order valence-electron chi connectivity index (χ0n) is 15.5. The van der Waals surface area contributed by atoms with Crippen molar-refractivity contribution in [1.29, 1.82) is 0 Å². The largest absolute Gasteiger partial charge is 0.431 e. The van der Waals surface area contributed by atoms with E-state index in [4.69, 9.17) is 16.0 Å². The lowest BCUT2D eigenvalue weighted by Gasteiger charge is -2.42. The van der Waals surface area contributed by atoms with Gasteiger partial charge in [-0.05, 0) is 45.0 Å². The first-order valence-electron chi connectivity index (χ1n) is 8.74. The molecule has 1 atom stereocenters. The normalized spacial score (nSPS) is 16.6. The van der Waals surface area contributed by atoms with Gasteiger partial charge >= 0.3 is 0 Å². The highest BCUT2D eigenvalue weighted by atomic mass is 35.5. The lowest BCUT2D eigenvalue weighted by molar-refractivity contribution is -0.126. The van der Waals surface area contributed by atoms with Crippen molar-refractivity contribution < 1.29 is 14.0 Å². The van der Waals surface area contributed by atoms with Crippen LogP contribution in [0, 0.1) is 0 Å². The molecule has 0 bridgehead atoms. The van der Waals surface area contributed by atoms with E-state index in [2.05, 4.69) is 10.3 Å². The molecular weight excluding hydrogens is 398 g/mol. The standard InChI is InChI=1S/C20H18ClN3O3S/c1-11(28-19-23-14-9-8-12(21)10-16(14)27-19)17(25)24-15-7-5-4-6-13(15)22-18(26)20(24,2)3/h4-11H,1-3H3,(H,22,26)/t11-/m0/s1. The van der Waals surface area contributed by atoms with Crippen molar-refractivity contribution >= 4 is 57.7 Å². The fraction of sp³-hybridized carbons (Fsp3) is 0.250. The highest BCUT2D eigenvalue weighted by Gasteiger charge is 2.44. The van der Waals surface area contributed by atoms with E-state index >= 15 is 0 Å². The van der Waals surface area contributed by atoms with Gasteiger partial charge in [0, 0.05) is 11.1 Å². The summed E-state index contributed by atoms with van der Waals surface area (Å²) in [7, 11) is 0. The number of oxazole rings is 1. The Hall–Kier alpha value is -2.51. The van der Waals surface area contributed by atoms with Crippen LogP contribution in [0.15, 0.2) is 52.1 Å². The molecule has 6 nitrogen and oxygen atoms in total. The number of fused-ring (bicyclic) bond motifs is 2. The molecule has 1 N–H and O–H groups in total. The minimum absolute atomic E-state index is 0.197. The van der Waals surface area contributed by atoms with Gasteiger partial charge in [0.2, 0.25) is 11.8 Å². The molecule has 1 aliphatic heterocycles. The molecule has 0 saturated heterocycles. The minimum atomic E-state index is -1.02. The zero-order chi connectivity index (χ0) is 20.1. The SMILES string of the molecule is C[C@H](Sc1nc2ccc(Cl)cc2o1)C(=O)N1c2ccccc2NC(=O)C1(C)C. The Kier molecular flexibility index (Phi) is 4.59. The number of benzene rings is 2. The molecule has 8 heteroatoms. The molecule has 0 saturated carbocycles. The van der Waals surface area contributed by atoms with Crippen LogP contribution < -0.4 is 10.2 Å². The van der Waals surface area contributed by atoms with Gasteiger partial charge in [-0.25, -0.2) is 4.98 Å². The summed E-state index contributed by atoms with van der Waals surface area (Å²) in [5.41, 5.74) is 1.52. The van der Waals surface area contributed by atoms with Gasteiger partial charge in [-0.1, -0.05) is 35.5 Å². The Balaban J connectivity index is 1.64. The van der Waals surface area contributed by atoms with E-state index in [1.54, 1.807) is 49.9 Å². The topological polar surface area (TPSA) is 75.4 Å². The van der Waals surface area contributed by atoms with Gasteiger partial charge in [0.1, 0.15) is 11.1 Å². The van der Waals surface area contributed by atoms with Crippen LogP contribution in [0.1, 0.15) is 20.8 Å². The van der Waals surface area contributed by atoms with E-state index in [9.17, 15) is 9.59 Å². The van der Waals surface area contributed by atoms with Crippen LogP contribution in [0.3, 0.4) is 0 Å². The number of anilines is 2. The second-order valence-electron chi connectivity index (χ2n) is 7.06. The van der Waals surface area contributed by atoms with Gasteiger partial charge < -0.3 is 9.73 Å². The molecule has 2 heterocycles. The van der Waals surface area contributed by atoms with Crippen LogP contribution in [0.2, 0.25) is 5.02 Å². The fourth-order valence-electron chi connectivity index (χ4n) is 3.16. The van der Waals surface area contributed by atoms with E-state index in [0.717, 1.165) is 0 Å². The van der Waals surface area contributed by atoms with Crippen LogP contribution in [0.4, 0.5) is 11.4 Å². The summed E-state index contributed by atoms with van der Waals surface area (Å²) < 4.78 is 5.72. The molecule has 0 unspecified atom stereocenters. The van der Waals surface area contributed by atoms with Crippen LogP contribution in [0.5, 0.6) is 0 Å². The molecular formula is C20H18ClN3O3S. The number of nitrogens with zero attached hydrogens (tertiary/aromatic N) is 2. The number of hydrogen-bond donors (Lipinski definition) is 1. The number of thioether (sulfide) groups is 1. The third-order valence-corrected chi connectivity index (χ3v) is 5.85. The molecule has 1 aromatic heterocycles. The van der Waals surface area contributed by atoms with Crippen molar-refractivity contribution in [2.75, 3.05) is 10.2 Å². The van der Waals surface area contributed by atoms with Crippen molar-refractivity contribution in [2.24, 2.45) is 0 Å². The number of hydrogen-bond acceptors (Lipinski definition) is 5. The molecule has 3 aromatic rings. The lowest BCUT2D eigenvalue weighted by Crippen LogP contribution is -2.60. The Bertz CT molecular complexity index is 1100. The number of halogens is 1. The van der Waals surface area contributed by atoms with Crippen molar-refractivity contribution in [2.45, 2.75) is 36.8 Å². The predicted molar refractivity (Wildman–Crippen MR) is 111 cm³/mol. The summed E-state index contributed by atoms with van der Waals surface area (Å²) in [5, 5.41) is 3.29. The minimum Gasteiger partial charge on any atom is -0.431 e. The first-order chi connectivity index (χ1) is 13.3. The number of rotatable bonds is 3. The smallest absolute Gasteiger partial charge is 0.257 e. The molecule has 2 aromatic carbocycles. The highest BCUT2D eigenvalue weighted by molar-refractivity contribution is 8.00. The summed E-state index contributed by atoms with van der Waals surface area (Å²) in [6.07, 6.45) is 0. The van der Waals surface area contributed by atoms with E-state index < -0.39 is 10.8 Å². The summed E-state index contributed by atoms with van der Waals surface area (Å²) in [4.78, 5) is 31.9. The van der Waals surface area contributed by atoms with Gasteiger partial charge in [-0.2, -0.15) is 0 Å². The van der Waals surface area contributed by atoms with Gasteiger partial charge in [0.05, 0.1) is 16.6 Å². The maximum absolute atomic E-state index is 13.3. The third-order valence-electron chi connectivity index (χ3n) is 4.68. The summed E-state index contributed by atoms with van der Waals surface area (Å²) in [6.45, 7) is 5.24. The van der Waals surface area contributed by atoms with Crippen LogP contribution >= 0.6 is 23.4 Å². The van der Waals surface area contributed by atoms with Crippen molar-refractivity contribution in [3.63, 3.8) is 0 Å². The van der Waals surface area contributed by atoms with E-state index in [1.807, 2.05) is 18.2 Å². The summed E-state index contributed by atoms with van der Waals surface area (Å²) >= 11 is 7.20. The monoisotopic (exact) mass is 415 g/mol. The fourth-order valence-corrected chi connectivity index (χ4v) is 4.12. The Morgan fingerprint density at radius 3 is 2.82 bits per heavy atom. The number of carbonyl (C=O) groups is 2. The van der Waals surface area contributed by atoms with Crippen LogP contribution in [-0.4, -0.2) is 27.6 Å². The predicted octanol–water partition coefficient (Wildman–Crippen LogP) is 4.73. The molecule has 0 aliphatic carbocycles. The second-order valence-corrected chi connectivity index (χ2v) is 8.78. The molecule has 4 rings (SSSR count). The molecule has 0 spiro atoms. The maximum Gasteiger partial charge on any atom is 0.257 e. The maximum atomic E-state index is 13.3. The second kappa shape index (κ2) is 6.83. The van der Waals surface area contributed by atoms with Gasteiger partial charge in [0.25, 0.3) is 5.22 Å². The summed E-state index contributed by atoms with van der Waals surface area (Å²) in [5.74, 6) is -0.425. The first-order valence-corrected chi connectivity index (χ1v) is 10.0. The van der Waals surface area contributed by atoms with E-state index in [-0.39, 0.29) is 11.8 Å². The number of para-hydroxylation sites is 2. The molecule has 28 heavy (non-hydrogen) atoms. The molecule has 2 amide bonds. The lowest BCUT2D eigenvalue weighted by atomic mass is 9.96. The van der Waals surface area contributed by atoms with Crippen molar-refractivity contribution in [1.82, 2.24) is 4.98 Å². The van der Waals surface area contributed by atoms with E-state index in [1.165, 1.54) is 11.8 Å². The number of aromatic nitrogens is 1. The first kappa shape index (κ1) is 18.8. The van der Waals surface area contributed by atoms with Gasteiger partial charge in [0.15, 0.2) is 5.58 Å². The Morgan fingerprint density at radius 2 is 2.04 bits per heavy atom. The number of nitrogens with one attached hydrogen (secondary N) is 1. The number of amides is 2. The van der Waals surface area contributed by atoms with Crippen molar-refractivity contribution in [3.05, 3.63) is 47.5 Å².